The van der Waals surface area contributed by atoms with Crippen LogP contribution in [0.4, 0.5) is 0 Å². The van der Waals surface area contributed by atoms with Gasteiger partial charge in [0.15, 0.2) is 0 Å². The smallest absolute Gasteiger partial charge is 0.335 e. The van der Waals surface area contributed by atoms with E-state index in [2.05, 4.69) is 18.2 Å². The summed E-state index contributed by atoms with van der Waals surface area (Å²) in [5.41, 5.74) is 8.44. The molecule has 2 aromatic rings. The van der Waals surface area contributed by atoms with Crippen molar-refractivity contribution in [1.82, 2.24) is 0 Å². The minimum Gasteiger partial charge on any atom is -0.478 e. The molecule has 0 aliphatic heterocycles. The van der Waals surface area contributed by atoms with E-state index in [0.29, 0.717) is 5.56 Å². The number of benzene rings is 2. The van der Waals surface area contributed by atoms with Gasteiger partial charge in [0.05, 0.1) is 5.56 Å². The van der Waals surface area contributed by atoms with E-state index in [1.807, 2.05) is 12.1 Å². The third-order valence-electron chi connectivity index (χ3n) is 4.36. The molecule has 0 spiro atoms. The van der Waals surface area contributed by atoms with Crippen LogP contribution < -0.4 is 0 Å². The standard InChI is InChI=1S/C17H14O2/c18-17(19)14-8-12-6-4-10-2-1-3-11-5-7-13(9-14)16(12)15(10)11/h1-3,8-9H,4-7H2,(H,18,19). The second kappa shape index (κ2) is 3.70. The summed E-state index contributed by atoms with van der Waals surface area (Å²) in [6.45, 7) is 0. The van der Waals surface area contributed by atoms with E-state index in [-0.39, 0.29) is 0 Å². The van der Waals surface area contributed by atoms with Crippen LogP contribution >= 0.6 is 0 Å². The summed E-state index contributed by atoms with van der Waals surface area (Å²) in [5.74, 6) is -0.816. The highest BCUT2D eigenvalue weighted by atomic mass is 16.4. The van der Waals surface area contributed by atoms with Crippen LogP contribution in [0.2, 0.25) is 0 Å². The normalized spacial score (nSPS) is 14.9. The number of hydrogen-bond donors (Lipinski definition) is 1. The van der Waals surface area contributed by atoms with Gasteiger partial charge in [-0.2, -0.15) is 0 Å². The molecule has 0 bridgehead atoms. The molecule has 2 heteroatoms. The largest absolute Gasteiger partial charge is 0.478 e. The van der Waals surface area contributed by atoms with Crippen LogP contribution in [-0.2, 0) is 25.7 Å². The van der Waals surface area contributed by atoms with Gasteiger partial charge in [-0.1, -0.05) is 18.2 Å². The zero-order valence-electron chi connectivity index (χ0n) is 10.6. The molecule has 0 aromatic heterocycles. The first-order chi connectivity index (χ1) is 9.24. The van der Waals surface area contributed by atoms with Crippen molar-refractivity contribution >= 4 is 5.97 Å². The average Bonchev–Trinajstić information content (AvgIpc) is 2.44. The van der Waals surface area contributed by atoms with Crippen LogP contribution in [0.5, 0.6) is 0 Å². The van der Waals surface area contributed by atoms with Crippen LogP contribution in [0.3, 0.4) is 0 Å². The summed E-state index contributed by atoms with van der Waals surface area (Å²) < 4.78 is 0. The van der Waals surface area contributed by atoms with Gasteiger partial charge in [-0.3, -0.25) is 0 Å². The lowest BCUT2D eigenvalue weighted by Gasteiger charge is -2.29. The number of aromatic carboxylic acids is 1. The fourth-order valence-electron chi connectivity index (χ4n) is 3.54. The monoisotopic (exact) mass is 250 g/mol. The first-order valence-corrected chi connectivity index (χ1v) is 6.74. The second-order valence-electron chi connectivity index (χ2n) is 5.43. The van der Waals surface area contributed by atoms with E-state index >= 15 is 0 Å². The zero-order valence-corrected chi connectivity index (χ0v) is 10.6. The Morgan fingerprint density at radius 1 is 0.842 bits per heavy atom. The summed E-state index contributed by atoms with van der Waals surface area (Å²) in [4.78, 5) is 11.2. The van der Waals surface area contributed by atoms with Crippen molar-refractivity contribution in [3.63, 3.8) is 0 Å². The van der Waals surface area contributed by atoms with E-state index in [4.69, 9.17) is 0 Å². The first kappa shape index (κ1) is 10.8. The number of carbonyl (C=O) groups is 1. The molecule has 2 aliphatic carbocycles. The van der Waals surface area contributed by atoms with E-state index in [1.165, 1.54) is 33.4 Å². The SMILES string of the molecule is O=C(O)c1cc2c3c(c1)CCc1cccc(c1-3)CC2. The molecule has 0 amide bonds. The molecule has 0 fully saturated rings. The van der Waals surface area contributed by atoms with Crippen molar-refractivity contribution < 1.29 is 9.90 Å². The quantitative estimate of drug-likeness (QED) is 0.843. The van der Waals surface area contributed by atoms with Crippen molar-refractivity contribution in [3.8, 4) is 11.1 Å². The van der Waals surface area contributed by atoms with Gasteiger partial charge in [-0.15, -0.1) is 0 Å². The van der Waals surface area contributed by atoms with E-state index in [0.717, 1.165) is 25.7 Å². The lowest BCUT2D eigenvalue weighted by atomic mass is 9.75. The van der Waals surface area contributed by atoms with Gasteiger partial charge in [0.1, 0.15) is 0 Å². The molecule has 94 valence electrons. The Kier molecular flexibility index (Phi) is 2.10. The molecule has 2 aromatic carbocycles. The maximum Gasteiger partial charge on any atom is 0.335 e. The number of aryl methyl sites for hydroxylation is 4. The van der Waals surface area contributed by atoms with Gasteiger partial charge < -0.3 is 5.11 Å². The van der Waals surface area contributed by atoms with Crippen molar-refractivity contribution in [1.29, 1.82) is 0 Å². The molecular weight excluding hydrogens is 236 g/mol. The molecule has 2 aliphatic rings. The topological polar surface area (TPSA) is 37.3 Å². The molecule has 4 rings (SSSR count). The van der Waals surface area contributed by atoms with E-state index in [9.17, 15) is 9.90 Å². The maximum absolute atomic E-state index is 11.2. The molecule has 0 atom stereocenters. The number of carboxylic acid groups (broad SMARTS) is 1. The highest BCUT2D eigenvalue weighted by molar-refractivity contribution is 5.91. The van der Waals surface area contributed by atoms with E-state index in [1.54, 1.807) is 0 Å². The Morgan fingerprint density at radius 3 is 1.84 bits per heavy atom. The molecule has 19 heavy (non-hydrogen) atoms. The van der Waals surface area contributed by atoms with Crippen molar-refractivity contribution in [3.05, 3.63) is 58.1 Å². The predicted molar refractivity (Wildman–Crippen MR) is 73.7 cm³/mol. The Labute approximate surface area is 111 Å². The Bertz CT molecular complexity index is 666. The number of hydrogen-bond acceptors (Lipinski definition) is 1. The average molecular weight is 250 g/mol. The van der Waals surface area contributed by atoms with Gasteiger partial charge in [0, 0.05) is 0 Å². The van der Waals surface area contributed by atoms with Crippen molar-refractivity contribution in [2.75, 3.05) is 0 Å². The Morgan fingerprint density at radius 2 is 1.32 bits per heavy atom. The summed E-state index contributed by atoms with van der Waals surface area (Å²) in [6.07, 6.45) is 3.97. The van der Waals surface area contributed by atoms with Crippen LogP contribution in [0.15, 0.2) is 30.3 Å². The summed E-state index contributed by atoms with van der Waals surface area (Å²) in [7, 11) is 0. The van der Waals surface area contributed by atoms with Gasteiger partial charge in [0.2, 0.25) is 0 Å². The molecule has 2 nitrogen and oxygen atoms in total. The molecular formula is C17H14O2. The minimum atomic E-state index is -0.816. The van der Waals surface area contributed by atoms with Gasteiger partial charge in [-0.25, -0.2) is 4.79 Å². The Hall–Kier alpha value is -2.09. The minimum absolute atomic E-state index is 0.441. The maximum atomic E-state index is 11.2. The number of rotatable bonds is 1. The predicted octanol–water partition coefficient (Wildman–Crippen LogP) is 3.25. The molecule has 0 saturated carbocycles. The highest BCUT2D eigenvalue weighted by Crippen LogP contribution is 2.42. The molecule has 1 N–H and O–H groups in total. The first-order valence-electron chi connectivity index (χ1n) is 6.74. The van der Waals surface area contributed by atoms with Gasteiger partial charge in [0.25, 0.3) is 0 Å². The van der Waals surface area contributed by atoms with Crippen LogP contribution in [0.1, 0.15) is 32.6 Å². The summed E-state index contributed by atoms with van der Waals surface area (Å²) in [6, 6.07) is 10.3. The van der Waals surface area contributed by atoms with Crippen molar-refractivity contribution in [2.45, 2.75) is 25.7 Å². The van der Waals surface area contributed by atoms with Crippen LogP contribution in [-0.4, -0.2) is 11.1 Å². The van der Waals surface area contributed by atoms with Gasteiger partial charge in [-0.05, 0) is 71.2 Å². The number of carboxylic acids is 1. The molecule has 0 unspecified atom stereocenters. The third kappa shape index (κ3) is 1.46. The van der Waals surface area contributed by atoms with Crippen LogP contribution in [0, 0.1) is 0 Å². The van der Waals surface area contributed by atoms with Crippen molar-refractivity contribution in [2.24, 2.45) is 0 Å². The lowest BCUT2D eigenvalue weighted by molar-refractivity contribution is 0.0696. The van der Waals surface area contributed by atoms with Gasteiger partial charge >= 0.3 is 5.97 Å². The Balaban J connectivity index is 2.05. The zero-order chi connectivity index (χ0) is 13.0. The molecule has 0 saturated heterocycles. The summed E-state index contributed by atoms with van der Waals surface area (Å²) >= 11 is 0. The third-order valence-corrected chi connectivity index (χ3v) is 4.36. The van der Waals surface area contributed by atoms with E-state index < -0.39 is 5.97 Å². The fourth-order valence-corrected chi connectivity index (χ4v) is 3.54. The fraction of sp³-hybridized carbons (Fsp3) is 0.235. The molecule has 0 heterocycles. The molecule has 0 radical (unpaired) electrons. The van der Waals surface area contributed by atoms with Crippen LogP contribution in [0.25, 0.3) is 11.1 Å². The highest BCUT2D eigenvalue weighted by Gasteiger charge is 2.26. The summed E-state index contributed by atoms with van der Waals surface area (Å²) in [5, 5.41) is 9.22. The lowest BCUT2D eigenvalue weighted by Crippen LogP contribution is -2.15. The second-order valence-corrected chi connectivity index (χ2v) is 5.43.